The molecule has 0 saturated carbocycles. The van der Waals surface area contributed by atoms with E-state index in [4.69, 9.17) is 9.84 Å². The van der Waals surface area contributed by atoms with E-state index in [1.807, 2.05) is 0 Å². The van der Waals surface area contributed by atoms with Crippen LogP contribution in [0.3, 0.4) is 0 Å². The second-order valence-corrected chi connectivity index (χ2v) is 2.91. The highest BCUT2D eigenvalue weighted by Crippen LogP contribution is 2.02. The fourth-order valence-electron chi connectivity index (χ4n) is 0.575. The monoisotopic (exact) mass is 160 g/mol. The summed E-state index contributed by atoms with van der Waals surface area (Å²) in [6.45, 7) is 5.41. The van der Waals surface area contributed by atoms with Crippen LogP contribution in [0.2, 0.25) is 0 Å². The summed E-state index contributed by atoms with van der Waals surface area (Å²) >= 11 is 0. The quantitative estimate of drug-likeness (QED) is 0.623. The first-order chi connectivity index (χ1) is 5.07. The molecule has 11 heavy (non-hydrogen) atoms. The van der Waals surface area contributed by atoms with Crippen molar-refractivity contribution in [3.05, 3.63) is 0 Å². The predicted molar refractivity (Wildman–Crippen MR) is 42.1 cm³/mol. The van der Waals surface area contributed by atoms with Crippen LogP contribution in [0.5, 0.6) is 0 Å². The minimum Gasteiger partial charge on any atom is -0.462 e. The van der Waals surface area contributed by atoms with E-state index >= 15 is 0 Å². The van der Waals surface area contributed by atoms with Gasteiger partial charge in [-0.15, -0.1) is 0 Å². The van der Waals surface area contributed by atoms with Gasteiger partial charge in [-0.1, -0.05) is 13.8 Å². The minimum atomic E-state index is -0.203. The molecule has 0 aromatic heterocycles. The number of esters is 1. The molecular formula is C8H16O3. The van der Waals surface area contributed by atoms with Gasteiger partial charge in [-0.05, 0) is 6.92 Å². The highest BCUT2D eigenvalue weighted by molar-refractivity contribution is 5.71. The van der Waals surface area contributed by atoms with Gasteiger partial charge in [-0.25, -0.2) is 0 Å². The molecule has 1 unspecified atom stereocenters. The molecule has 1 N–H and O–H groups in total. The second-order valence-electron chi connectivity index (χ2n) is 2.91. The molecule has 0 saturated heterocycles. The molecule has 0 aromatic rings. The maximum Gasteiger partial charge on any atom is 0.308 e. The Hall–Kier alpha value is -0.570. The fraction of sp³-hybridized carbons (Fsp3) is 0.875. The van der Waals surface area contributed by atoms with Gasteiger partial charge in [0, 0.05) is 13.0 Å². The first kappa shape index (κ1) is 10.4. The average molecular weight is 160 g/mol. The van der Waals surface area contributed by atoms with E-state index in [2.05, 4.69) is 0 Å². The van der Waals surface area contributed by atoms with Crippen molar-refractivity contribution in [1.82, 2.24) is 0 Å². The molecule has 0 radical (unpaired) electrons. The Kier molecular flexibility index (Phi) is 4.86. The van der Waals surface area contributed by atoms with Gasteiger partial charge in [0.05, 0.1) is 5.92 Å². The van der Waals surface area contributed by atoms with Crippen LogP contribution in [-0.4, -0.2) is 23.8 Å². The summed E-state index contributed by atoms with van der Waals surface area (Å²) in [6, 6.07) is 0. The predicted octanol–water partition coefficient (Wildman–Crippen LogP) is 0.956. The van der Waals surface area contributed by atoms with Crippen LogP contribution < -0.4 is 0 Å². The summed E-state index contributed by atoms with van der Waals surface area (Å²) in [7, 11) is 0. The molecule has 0 amide bonds. The SMILES string of the molecule is CC(CCO)OC(=O)C(C)C. The van der Waals surface area contributed by atoms with Crippen LogP contribution in [0.4, 0.5) is 0 Å². The number of carbonyl (C=O) groups excluding carboxylic acids is 1. The Balaban J connectivity index is 3.57. The van der Waals surface area contributed by atoms with E-state index in [0.29, 0.717) is 6.42 Å². The third kappa shape index (κ3) is 4.79. The summed E-state index contributed by atoms with van der Waals surface area (Å²) in [4.78, 5) is 10.9. The zero-order chi connectivity index (χ0) is 8.85. The average Bonchev–Trinajstić information content (AvgIpc) is 1.87. The molecule has 3 heteroatoms. The van der Waals surface area contributed by atoms with Gasteiger partial charge < -0.3 is 9.84 Å². The van der Waals surface area contributed by atoms with E-state index in [9.17, 15) is 4.79 Å². The van der Waals surface area contributed by atoms with Gasteiger partial charge in [-0.3, -0.25) is 4.79 Å². The van der Waals surface area contributed by atoms with Crippen molar-refractivity contribution in [3.63, 3.8) is 0 Å². The zero-order valence-electron chi connectivity index (χ0n) is 7.33. The molecular weight excluding hydrogens is 144 g/mol. The van der Waals surface area contributed by atoms with E-state index in [1.165, 1.54) is 0 Å². The largest absolute Gasteiger partial charge is 0.462 e. The molecule has 0 aromatic carbocycles. The summed E-state index contributed by atoms with van der Waals surface area (Å²) < 4.78 is 4.95. The van der Waals surface area contributed by atoms with Crippen LogP contribution in [0, 0.1) is 5.92 Å². The van der Waals surface area contributed by atoms with Crippen LogP contribution in [0.25, 0.3) is 0 Å². The normalized spacial score (nSPS) is 13.2. The Morgan fingerprint density at radius 1 is 1.45 bits per heavy atom. The number of hydrogen-bond acceptors (Lipinski definition) is 3. The van der Waals surface area contributed by atoms with E-state index < -0.39 is 0 Å². The van der Waals surface area contributed by atoms with E-state index in [0.717, 1.165) is 0 Å². The van der Waals surface area contributed by atoms with Crippen LogP contribution >= 0.6 is 0 Å². The molecule has 3 nitrogen and oxygen atoms in total. The number of hydrogen-bond donors (Lipinski definition) is 1. The summed E-state index contributed by atoms with van der Waals surface area (Å²) in [6.07, 6.45) is 0.341. The standard InChI is InChI=1S/C8H16O3/c1-6(2)8(10)11-7(3)4-5-9/h6-7,9H,4-5H2,1-3H3. The van der Waals surface area contributed by atoms with Gasteiger partial charge in [0.25, 0.3) is 0 Å². The summed E-state index contributed by atoms with van der Waals surface area (Å²) in [5.74, 6) is -0.290. The Morgan fingerprint density at radius 2 is 2.00 bits per heavy atom. The van der Waals surface area contributed by atoms with Gasteiger partial charge in [0.1, 0.15) is 6.10 Å². The van der Waals surface area contributed by atoms with Crippen molar-refractivity contribution < 1.29 is 14.6 Å². The topological polar surface area (TPSA) is 46.5 Å². The Labute approximate surface area is 67.4 Å². The number of rotatable bonds is 4. The lowest BCUT2D eigenvalue weighted by molar-refractivity contribution is -0.152. The fourth-order valence-corrected chi connectivity index (χ4v) is 0.575. The molecule has 66 valence electrons. The maximum atomic E-state index is 10.9. The first-order valence-corrected chi connectivity index (χ1v) is 3.89. The smallest absolute Gasteiger partial charge is 0.308 e. The number of ether oxygens (including phenoxy) is 1. The van der Waals surface area contributed by atoms with Crippen molar-refractivity contribution in [1.29, 1.82) is 0 Å². The third-order valence-electron chi connectivity index (χ3n) is 1.32. The Morgan fingerprint density at radius 3 is 2.36 bits per heavy atom. The van der Waals surface area contributed by atoms with Crippen molar-refractivity contribution in [2.45, 2.75) is 33.3 Å². The molecule has 0 aliphatic heterocycles. The maximum absolute atomic E-state index is 10.9. The molecule has 0 rings (SSSR count). The van der Waals surface area contributed by atoms with Gasteiger partial charge in [0.2, 0.25) is 0 Å². The summed E-state index contributed by atoms with van der Waals surface area (Å²) in [5.41, 5.74) is 0. The van der Waals surface area contributed by atoms with Crippen molar-refractivity contribution >= 4 is 5.97 Å². The van der Waals surface area contributed by atoms with Gasteiger partial charge >= 0.3 is 5.97 Å². The lowest BCUT2D eigenvalue weighted by Gasteiger charge is -2.13. The van der Waals surface area contributed by atoms with Crippen LogP contribution in [0.15, 0.2) is 0 Å². The molecule has 1 atom stereocenters. The number of carbonyl (C=O) groups is 1. The van der Waals surface area contributed by atoms with E-state index in [-0.39, 0.29) is 24.6 Å². The second kappa shape index (κ2) is 5.13. The molecule has 0 aliphatic carbocycles. The van der Waals surface area contributed by atoms with Gasteiger partial charge in [-0.2, -0.15) is 0 Å². The van der Waals surface area contributed by atoms with Crippen molar-refractivity contribution in [2.75, 3.05) is 6.61 Å². The van der Waals surface area contributed by atoms with E-state index in [1.54, 1.807) is 20.8 Å². The number of aliphatic hydroxyl groups is 1. The molecule has 0 bridgehead atoms. The first-order valence-electron chi connectivity index (χ1n) is 3.89. The van der Waals surface area contributed by atoms with Crippen molar-refractivity contribution in [2.24, 2.45) is 5.92 Å². The molecule has 0 spiro atoms. The lowest BCUT2D eigenvalue weighted by atomic mass is 10.2. The zero-order valence-corrected chi connectivity index (χ0v) is 7.33. The molecule has 0 fully saturated rings. The molecule has 0 heterocycles. The minimum absolute atomic E-state index is 0.0620. The summed E-state index contributed by atoms with van der Waals surface area (Å²) in [5, 5.41) is 8.50. The highest BCUT2D eigenvalue weighted by atomic mass is 16.5. The third-order valence-corrected chi connectivity index (χ3v) is 1.32. The van der Waals surface area contributed by atoms with Gasteiger partial charge in [0.15, 0.2) is 0 Å². The van der Waals surface area contributed by atoms with Crippen molar-refractivity contribution in [3.8, 4) is 0 Å². The van der Waals surface area contributed by atoms with Crippen LogP contribution in [-0.2, 0) is 9.53 Å². The Bertz CT molecular complexity index is 121. The molecule has 0 aliphatic rings. The lowest BCUT2D eigenvalue weighted by Crippen LogP contribution is -2.19. The number of aliphatic hydroxyl groups excluding tert-OH is 1. The highest BCUT2D eigenvalue weighted by Gasteiger charge is 2.11. The van der Waals surface area contributed by atoms with Crippen LogP contribution in [0.1, 0.15) is 27.2 Å².